The van der Waals surface area contributed by atoms with E-state index in [9.17, 15) is 23.1 Å². The molecule has 7 nitrogen and oxygen atoms in total. The number of sulfonamides is 1. The molecular formula is C21H19NO6S. The fraction of sp³-hybridized carbons (Fsp3) is 0.143. The molecule has 0 amide bonds. The average Bonchev–Trinajstić information content (AvgIpc) is 2.66. The third kappa shape index (κ3) is 4.91. The van der Waals surface area contributed by atoms with E-state index in [4.69, 9.17) is 4.74 Å². The number of hydrogen-bond acceptors (Lipinski definition) is 6. The van der Waals surface area contributed by atoms with Crippen molar-refractivity contribution in [2.45, 2.75) is 13.0 Å². The molecule has 0 radical (unpaired) electrons. The predicted molar refractivity (Wildman–Crippen MR) is 110 cm³/mol. The van der Waals surface area contributed by atoms with Gasteiger partial charge in [-0.2, -0.15) is 0 Å². The summed E-state index contributed by atoms with van der Waals surface area (Å²) in [6.45, 7) is 1.43. The van der Waals surface area contributed by atoms with Gasteiger partial charge in [0, 0.05) is 11.3 Å². The zero-order valence-electron chi connectivity index (χ0n) is 15.7. The number of ketones is 1. The maximum absolute atomic E-state index is 12.5. The number of esters is 1. The summed E-state index contributed by atoms with van der Waals surface area (Å²) in [5.74, 6) is -1.50. The number of benzene rings is 3. The number of nitrogens with one attached hydrogen (secondary N) is 1. The molecule has 0 aliphatic carbocycles. The lowest BCUT2D eigenvalue weighted by atomic mass is 10.1. The number of phenolic OH excluding ortho intramolecular Hbond substituents is 1. The Hall–Kier alpha value is -3.39. The molecule has 3 aromatic carbocycles. The van der Waals surface area contributed by atoms with E-state index in [0.717, 1.165) is 17.0 Å². The third-order valence-corrected chi connectivity index (χ3v) is 4.82. The van der Waals surface area contributed by atoms with Gasteiger partial charge in [0.2, 0.25) is 15.8 Å². The first kappa shape index (κ1) is 20.3. The molecule has 0 saturated carbocycles. The van der Waals surface area contributed by atoms with Gasteiger partial charge in [0.25, 0.3) is 0 Å². The van der Waals surface area contributed by atoms with Crippen LogP contribution in [-0.4, -0.2) is 37.6 Å². The molecule has 29 heavy (non-hydrogen) atoms. The normalized spacial score (nSPS) is 12.3. The lowest BCUT2D eigenvalue weighted by molar-refractivity contribution is 0.0316. The van der Waals surface area contributed by atoms with Crippen LogP contribution in [0.25, 0.3) is 10.8 Å². The van der Waals surface area contributed by atoms with Gasteiger partial charge in [0.1, 0.15) is 11.3 Å². The number of carbonyl (C=O) groups excluding carboxylic acids is 2. The Morgan fingerprint density at radius 2 is 1.59 bits per heavy atom. The predicted octanol–water partition coefficient (Wildman–Crippen LogP) is 3.35. The number of ether oxygens (including phenoxy) is 1. The molecule has 2 N–H and O–H groups in total. The van der Waals surface area contributed by atoms with Gasteiger partial charge in [-0.15, -0.1) is 0 Å². The average molecular weight is 413 g/mol. The van der Waals surface area contributed by atoms with Gasteiger partial charge in [0.05, 0.1) is 6.26 Å². The smallest absolute Gasteiger partial charge is 0.342 e. The van der Waals surface area contributed by atoms with Gasteiger partial charge in [-0.3, -0.25) is 9.52 Å². The first-order chi connectivity index (χ1) is 13.6. The highest BCUT2D eigenvalue weighted by Crippen LogP contribution is 2.26. The minimum Gasteiger partial charge on any atom is -0.507 e. The summed E-state index contributed by atoms with van der Waals surface area (Å²) in [6.07, 6.45) is -0.0717. The highest BCUT2D eigenvalue weighted by molar-refractivity contribution is 7.92. The molecule has 3 rings (SSSR count). The van der Waals surface area contributed by atoms with E-state index < -0.39 is 27.9 Å². The second kappa shape index (κ2) is 7.92. The first-order valence-corrected chi connectivity index (χ1v) is 10.6. The summed E-state index contributed by atoms with van der Waals surface area (Å²) < 4.78 is 30.0. The zero-order valence-corrected chi connectivity index (χ0v) is 16.6. The molecule has 0 saturated heterocycles. The van der Waals surface area contributed by atoms with Crippen LogP contribution in [-0.2, 0) is 14.8 Å². The van der Waals surface area contributed by atoms with Crippen LogP contribution in [0.2, 0.25) is 0 Å². The molecule has 0 unspecified atom stereocenters. The number of carbonyl (C=O) groups is 2. The largest absolute Gasteiger partial charge is 0.507 e. The molecule has 150 valence electrons. The van der Waals surface area contributed by atoms with E-state index in [1.807, 2.05) is 12.1 Å². The Morgan fingerprint density at radius 1 is 1.00 bits per heavy atom. The quantitative estimate of drug-likeness (QED) is 0.474. The monoisotopic (exact) mass is 413 g/mol. The Balaban J connectivity index is 1.74. The lowest BCUT2D eigenvalue weighted by Gasteiger charge is -2.14. The maximum Gasteiger partial charge on any atom is 0.342 e. The second-order valence-electron chi connectivity index (χ2n) is 6.58. The van der Waals surface area contributed by atoms with Crippen LogP contribution in [0.5, 0.6) is 5.75 Å². The van der Waals surface area contributed by atoms with Crippen molar-refractivity contribution < 1.29 is 27.9 Å². The molecule has 0 aliphatic rings. The molecule has 8 heteroatoms. The van der Waals surface area contributed by atoms with E-state index >= 15 is 0 Å². The number of aromatic hydroxyl groups is 1. The van der Waals surface area contributed by atoms with Crippen molar-refractivity contribution >= 4 is 38.2 Å². The van der Waals surface area contributed by atoms with Crippen LogP contribution in [0.1, 0.15) is 27.6 Å². The molecule has 1 atom stereocenters. The minimum absolute atomic E-state index is 0.0314. The molecule has 0 spiro atoms. The van der Waals surface area contributed by atoms with Crippen LogP contribution in [0.4, 0.5) is 5.69 Å². The summed E-state index contributed by atoms with van der Waals surface area (Å²) in [7, 11) is -3.42. The van der Waals surface area contributed by atoms with Gasteiger partial charge in [-0.05, 0) is 54.1 Å². The highest BCUT2D eigenvalue weighted by Gasteiger charge is 2.22. The van der Waals surface area contributed by atoms with Gasteiger partial charge in [-0.1, -0.05) is 24.3 Å². The van der Waals surface area contributed by atoms with Crippen LogP contribution < -0.4 is 4.72 Å². The third-order valence-electron chi connectivity index (χ3n) is 4.21. The second-order valence-corrected chi connectivity index (χ2v) is 8.33. The van der Waals surface area contributed by atoms with Crippen molar-refractivity contribution in [3.05, 3.63) is 71.8 Å². The number of Topliss-reactive ketones (excluding diaryl/α,β-unsaturated/α-hetero) is 1. The summed E-state index contributed by atoms with van der Waals surface area (Å²) in [4.78, 5) is 25.0. The molecule has 0 aromatic heterocycles. The minimum atomic E-state index is -3.42. The number of phenols is 1. The van der Waals surface area contributed by atoms with Crippen molar-refractivity contribution in [3.63, 3.8) is 0 Å². The summed E-state index contributed by atoms with van der Waals surface area (Å²) in [6, 6.07) is 16.0. The Kier molecular flexibility index (Phi) is 5.56. The standard InChI is InChI=1S/C21H19NO6S/c1-13(20(24)14-7-9-17(10-8-14)22-29(2,26)27)28-21(25)18-11-15-5-3-4-6-16(15)12-19(18)23/h3-13,22-23H,1-2H3/t13-/m0/s1. The van der Waals surface area contributed by atoms with Crippen molar-refractivity contribution in [1.29, 1.82) is 0 Å². The first-order valence-electron chi connectivity index (χ1n) is 8.69. The molecular weight excluding hydrogens is 394 g/mol. The Bertz CT molecular complexity index is 1190. The van der Waals surface area contributed by atoms with Gasteiger partial charge >= 0.3 is 5.97 Å². The topological polar surface area (TPSA) is 110 Å². The van der Waals surface area contributed by atoms with Crippen LogP contribution in [0.3, 0.4) is 0 Å². The van der Waals surface area contributed by atoms with E-state index in [1.54, 1.807) is 12.1 Å². The highest BCUT2D eigenvalue weighted by atomic mass is 32.2. The van der Waals surface area contributed by atoms with Crippen LogP contribution in [0, 0.1) is 0 Å². The van der Waals surface area contributed by atoms with E-state index in [2.05, 4.69) is 4.72 Å². The van der Waals surface area contributed by atoms with Gasteiger partial charge in [0.15, 0.2) is 6.10 Å². The zero-order chi connectivity index (χ0) is 21.2. The number of fused-ring (bicyclic) bond motifs is 1. The van der Waals surface area contributed by atoms with E-state index in [1.165, 1.54) is 43.3 Å². The molecule has 0 heterocycles. The van der Waals surface area contributed by atoms with E-state index in [0.29, 0.717) is 5.69 Å². The summed E-state index contributed by atoms with van der Waals surface area (Å²) in [5, 5.41) is 11.7. The summed E-state index contributed by atoms with van der Waals surface area (Å²) >= 11 is 0. The summed E-state index contributed by atoms with van der Waals surface area (Å²) in [5.41, 5.74) is 0.540. The van der Waals surface area contributed by atoms with Crippen LogP contribution >= 0.6 is 0 Å². The van der Waals surface area contributed by atoms with E-state index in [-0.39, 0.29) is 16.9 Å². The fourth-order valence-electron chi connectivity index (χ4n) is 2.82. The lowest BCUT2D eigenvalue weighted by Crippen LogP contribution is -2.24. The van der Waals surface area contributed by atoms with Crippen molar-refractivity contribution in [1.82, 2.24) is 0 Å². The van der Waals surface area contributed by atoms with Crippen molar-refractivity contribution in [3.8, 4) is 5.75 Å². The SMILES string of the molecule is C[C@H](OC(=O)c1cc2ccccc2cc1O)C(=O)c1ccc(NS(C)(=O)=O)cc1. The molecule has 3 aromatic rings. The number of anilines is 1. The molecule has 0 fully saturated rings. The van der Waals surface area contributed by atoms with Crippen molar-refractivity contribution in [2.75, 3.05) is 11.0 Å². The number of rotatable bonds is 6. The Labute approximate surface area is 168 Å². The molecule has 0 bridgehead atoms. The molecule has 0 aliphatic heterocycles. The fourth-order valence-corrected chi connectivity index (χ4v) is 3.38. The van der Waals surface area contributed by atoms with Gasteiger partial charge in [-0.25, -0.2) is 13.2 Å². The van der Waals surface area contributed by atoms with Gasteiger partial charge < -0.3 is 9.84 Å². The van der Waals surface area contributed by atoms with Crippen LogP contribution in [0.15, 0.2) is 60.7 Å². The number of hydrogen-bond donors (Lipinski definition) is 2. The maximum atomic E-state index is 12.5. The Morgan fingerprint density at radius 3 is 2.17 bits per heavy atom. The van der Waals surface area contributed by atoms with Crippen molar-refractivity contribution in [2.24, 2.45) is 0 Å².